The summed E-state index contributed by atoms with van der Waals surface area (Å²) < 4.78 is 29.1. The number of sulfone groups is 1. The number of rotatable bonds is 4. The Hall–Kier alpha value is -1.37. The Bertz CT molecular complexity index is 778. The van der Waals surface area contributed by atoms with Gasteiger partial charge >= 0.3 is 5.97 Å². The molecule has 0 spiro atoms. The van der Waals surface area contributed by atoms with Crippen molar-refractivity contribution in [3.8, 4) is 0 Å². The number of benzene rings is 1. The van der Waals surface area contributed by atoms with Gasteiger partial charge in [0.15, 0.2) is 9.84 Å². The maximum absolute atomic E-state index is 12.0. The fraction of sp³-hybridized carbons (Fsp3) is 0.214. The van der Waals surface area contributed by atoms with Gasteiger partial charge in [-0.2, -0.15) is 0 Å². The number of carbonyl (C=O) groups is 1. The van der Waals surface area contributed by atoms with Crippen molar-refractivity contribution in [2.75, 3.05) is 6.26 Å². The molecule has 0 saturated carbocycles. The molecular weight excluding hydrogens is 332 g/mol. The van der Waals surface area contributed by atoms with Crippen LogP contribution in [0.4, 0.5) is 0 Å². The minimum absolute atomic E-state index is 0.109. The predicted molar refractivity (Wildman–Crippen MR) is 82.7 cm³/mol. The molecule has 21 heavy (non-hydrogen) atoms. The van der Waals surface area contributed by atoms with Crippen LogP contribution in [0.1, 0.15) is 20.8 Å². The molecule has 0 atom stereocenters. The van der Waals surface area contributed by atoms with Gasteiger partial charge in [0, 0.05) is 11.1 Å². The van der Waals surface area contributed by atoms with Crippen LogP contribution in [0.2, 0.25) is 4.34 Å². The van der Waals surface area contributed by atoms with Crippen LogP contribution in [-0.4, -0.2) is 20.6 Å². The summed E-state index contributed by atoms with van der Waals surface area (Å²) in [7, 11) is -3.38. The maximum atomic E-state index is 12.0. The number of halogens is 1. The molecule has 0 amide bonds. The Morgan fingerprint density at radius 1 is 1.29 bits per heavy atom. The summed E-state index contributed by atoms with van der Waals surface area (Å²) in [5.74, 6) is -0.565. The van der Waals surface area contributed by atoms with Crippen molar-refractivity contribution in [1.29, 1.82) is 0 Å². The number of thiophene rings is 1. The number of hydrogen-bond acceptors (Lipinski definition) is 5. The molecule has 0 aliphatic rings. The van der Waals surface area contributed by atoms with E-state index in [2.05, 4.69) is 0 Å². The minimum atomic E-state index is -3.38. The average molecular weight is 345 g/mol. The minimum Gasteiger partial charge on any atom is -0.456 e. The molecule has 1 aromatic carbocycles. The molecule has 1 aromatic heterocycles. The molecule has 112 valence electrons. The van der Waals surface area contributed by atoms with Gasteiger partial charge in [-0.3, -0.25) is 0 Å². The van der Waals surface area contributed by atoms with Gasteiger partial charge in [-0.1, -0.05) is 17.7 Å². The summed E-state index contributed by atoms with van der Waals surface area (Å²) in [5, 5.41) is 0. The maximum Gasteiger partial charge on any atom is 0.338 e. The van der Waals surface area contributed by atoms with E-state index in [0.29, 0.717) is 9.90 Å². The van der Waals surface area contributed by atoms with Crippen molar-refractivity contribution in [3.05, 3.63) is 50.7 Å². The van der Waals surface area contributed by atoms with Gasteiger partial charge < -0.3 is 4.74 Å². The first-order valence-corrected chi connectivity index (χ1v) is 9.08. The molecule has 4 nitrogen and oxygen atoms in total. The van der Waals surface area contributed by atoms with Crippen LogP contribution >= 0.6 is 22.9 Å². The monoisotopic (exact) mass is 344 g/mol. The number of esters is 1. The van der Waals surface area contributed by atoms with Crippen LogP contribution in [0.15, 0.2) is 35.2 Å². The second-order valence-electron chi connectivity index (χ2n) is 4.53. The van der Waals surface area contributed by atoms with Crippen LogP contribution in [0.3, 0.4) is 0 Å². The quantitative estimate of drug-likeness (QED) is 0.797. The van der Waals surface area contributed by atoms with Crippen molar-refractivity contribution in [2.24, 2.45) is 0 Å². The van der Waals surface area contributed by atoms with E-state index in [1.807, 2.05) is 0 Å². The van der Waals surface area contributed by atoms with E-state index in [-0.39, 0.29) is 17.1 Å². The third kappa shape index (κ3) is 4.06. The summed E-state index contributed by atoms with van der Waals surface area (Å²) in [6.45, 7) is 1.79. The van der Waals surface area contributed by atoms with Crippen molar-refractivity contribution in [1.82, 2.24) is 0 Å². The smallest absolute Gasteiger partial charge is 0.338 e. The molecule has 2 rings (SSSR count). The van der Waals surface area contributed by atoms with E-state index in [4.69, 9.17) is 16.3 Å². The zero-order chi connectivity index (χ0) is 15.6. The lowest BCUT2D eigenvalue weighted by Gasteiger charge is -2.07. The summed E-state index contributed by atoms with van der Waals surface area (Å²) in [6.07, 6.45) is 1.11. The zero-order valence-corrected chi connectivity index (χ0v) is 13.8. The Morgan fingerprint density at radius 3 is 2.57 bits per heavy atom. The third-order valence-electron chi connectivity index (χ3n) is 2.80. The number of hydrogen-bond donors (Lipinski definition) is 0. The van der Waals surface area contributed by atoms with E-state index in [1.54, 1.807) is 31.2 Å². The third-order valence-corrected chi connectivity index (χ3v) is 5.24. The summed E-state index contributed by atoms with van der Waals surface area (Å²) in [5.41, 5.74) is 0.808. The topological polar surface area (TPSA) is 60.4 Å². The second-order valence-corrected chi connectivity index (χ2v) is 8.32. The van der Waals surface area contributed by atoms with Crippen molar-refractivity contribution < 1.29 is 17.9 Å². The summed E-state index contributed by atoms with van der Waals surface area (Å²) in [6, 6.07) is 7.98. The molecule has 0 saturated heterocycles. The molecule has 0 bridgehead atoms. The molecule has 0 unspecified atom stereocenters. The predicted octanol–water partition coefficient (Wildman–Crippen LogP) is 3.47. The largest absolute Gasteiger partial charge is 0.456 e. The summed E-state index contributed by atoms with van der Waals surface area (Å²) >= 11 is 7.12. The SMILES string of the molecule is Cc1ccc(C(=O)OCc2ccc(Cl)s2)cc1S(C)(=O)=O. The number of aryl methyl sites for hydroxylation is 1. The highest BCUT2D eigenvalue weighted by atomic mass is 35.5. The van der Waals surface area contributed by atoms with Crippen LogP contribution in [0.5, 0.6) is 0 Å². The highest BCUT2D eigenvalue weighted by molar-refractivity contribution is 7.90. The highest BCUT2D eigenvalue weighted by Crippen LogP contribution is 2.23. The molecule has 7 heteroatoms. The molecule has 0 aliphatic heterocycles. The Labute approximate surface area is 132 Å². The molecular formula is C14H13ClO4S2. The van der Waals surface area contributed by atoms with Crippen LogP contribution in [0.25, 0.3) is 0 Å². The van der Waals surface area contributed by atoms with Gasteiger partial charge in [-0.15, -0.1) is 11.3 Å². The van der Waals surface area contributed by atoms with Crippen LogP contribution in [-0.2, 0) is 21.2 Å². The van der Waals surface area contributed by atoms with Crippen molar-refractivity contribution in [3.63, 3.8) is 0 Å². The van der Waals surface area contributed by atoms with Crippen LogP contribution in [0, 0.1) is 6.92 Å². The molecule has 0 fully saturated rings. The van der Waals surface area contributed by atoms with E-state index in [9.17, 15) is 13.2 Å². The van der Waals surface area contributed by atoms with Crippen molar-refractivity contribution in [2.45, 2.75) is 18.4 Å². The lowest BCUT2D eigenvalue weighted by atomic mass is 10.1. The first-order valence-electron chi connectivity index (χ1n) is 5.99. The fourth-order valence-electron chi connectivity index (χ4n) is 1.78. The summed E-state index contributed by atoms with van der Waals surface area (Å²) in [4.78, 5) is 12.9. The molecule has 1 heterocycles. The van der Waals surface area contributed by atoms with Gasteiger partial charge in [0.1, 0.15) is 6.61 Å². The Kier molecular flexibility index (Phi) is 4.70. The molecule has 0 N–H and O–H groups in total. The lowest BCUT2D eigenvalue weighted by molar-refractivity contribution is 0.0476. The normalized spacial score (nSPS) is 11.4. The van der Waals surface area contributed by atoms with Gasteiger partial charge in [0.05, 0.1) is 14.8 Å². The van der Waals surface area contributed by atoms with Crippen molar-refractivity contribution >= 4 is 38.7 Å². The first kappa shape index (κ1) is 16.0. The highest BCUT2D eigenvalue weighted by Gasteiger charge is 2.15. The number of carbonyl (C=O) groups excluding carboxylic acids is 1. The van der Waals surface area contributed by atoms with Crippen LogP contribution < -0.4 is 0 Å². The van der Waals surface area contributed by atoms with Gasteiger partial charge in [0.25, 0.3) is 0 Å². The van der Waals surface area contributed by atoms with Gasteiger partial charge in [0.2, 0.25) is 0 Å². The molecule has 0 radical (unpaired) electrons. The zero-order valence-electron chi connectivity index (χ0n) is 11.4. The standard InChI is InChI=1S/C14H13ClO4S2/c1-9-3-4-10(7-12(9)21(2,17)18)14(16)19-8-11-5-6-13(15)20-11/h3-7H,8H2,1-2H3. The second kappa shape index (κ2) is 6.17. The fourth-order valence-corrected chi connectivity index (χ4v) is 3.77. The van der Waals surface area contributed by atoms with Gasteiger partial charge in [-0.05, 0) is 36.8 Å². The Balaban J connectivity index is 2.16. The van der Waals surface area contributed by atoms with Gasteiger partial charge in [-0.25, -0.2) is 13.2 Å². The molecule has 2 aromatic rings. The Morgan fingerprint density at radius 2 is 2.00 bits per heavy atom. The van der Waals surface area contributed by atoms with E-state index >= 15 is 0 Å². The first-order chi connectivity index (χ1) is 9.77. The molecule has 0 aliphatic carbocycles. The average Bonchev–Trinajstić information content (AvgIpc) is 2.81. The lowest BCUT2D eigenvalue weighted by Crippen LogP contribution is -2.07. The number of ether oxygens (including phenoxy) is 1. The van der Waals surface area contributed by atoms with E-state index < -0.39 is 15.8 Å². The van der Waals surface area contributed by atoms with E-state index in [1.165, 1.54) is 17.4 Å². The van der Waals surface area contributed by atoms with E-state index in [0.717, 1.165) is 11.1 Å².